The first-order valence-corrected chi connectivity index (χ1v) is 7.33. The van der Waals surface area contributed by atoms with E-state index in [1.165, 1.54) is 0 Å². The fourth-order valence-electron chi connectivity index (χ4n) is 1.45. The summed E-state index contributed by atoms with van der Waals surface area (Å²) < 4.78 is 6.55. The molecule has 0 aliphatic rings. The first-order chi connectivity index (χ1) is 8.81. The van der Waals surface area contributed by atoms with Crippen molar-refractivity contribution in [2.45, 2.75) is 46.8 Å². The number of aryl methyl sites for hydroxylation is 1. The number of hydrogen-bond donors (Lipinski definition) is 1. The molecule has 1 aromatic carbocycles. The van der Waals surface area contributed by atoms with Crippen molar-refractivity contribution in [2.24, 2.45) is 5.92 Å². The predicted octanol–water partition coefficient (Wildman–Crippen LogP) is 3.69. The zero-order valence-electron chi connectivity index (χ0n) is 12.2. The van der Waals surface area contributed by atoms with Crippen molar-refractivity contribution >= 4 is 21.8 Å². The van der Waals surface area contributed by atoms with Gasteiger partial charge in [-0.15, -0.1) is 0 Å². The molecule has 1 rings (SSSR count). The monoisotopic (exact) mass is 327 g/mol. The normalized spacial score (nSPS) is 14.1. The summed E-state index contributed by atoms with van der Waals surface area (Å²) in [6.45, 7) is 9.92. The number of carbonyl (C=O) groups is 1. The number of ether oxygens (including phenoxy) is 1. The van der Waals surface area contributed by atoms with E-state index in [0.29, 0.717) is 11.7 Å². The van der Waals surface area contributed by atoms with Crippen molar-refractivity contribution in [3.63, 3.8) is 0 Å². The Morgan fingerprint density at radius 2 is 1.89 bits per heavy atom. The van der Waals surface area contributed by atoms with E-state index >= 15 is 0 Å². The van der Waals surface area contributed by atoms with E-state index in [0.717, 1.165) is 10.0 Å². The molecular formula is C15H22BrNO2. The third kappa shape index (κ3) is 4.86. The van der Waals surface area contributed by atoms with Crippen molar-refractivity contribution in [3.8, 4) is 5.75 Å². The highest BCUT2D eigenvalue weighted by molar-refractivity contribution is 9.10. The highest BCUT2D eigenvalue weighted by atomic mass is 79.9. The van der Waals surface area contributed by atoms with Crippen molar-refractivity contribution in [1.82, 2.24) is 5.32 Å². The van der Waals surface area contributed by atoms with Gasteiger partial charge in [-0.05, 0) is 60.3 Å². The molecule has 0 aliphatic heterocycles. The van der Waals surface area contributed by atoms with Crippen molar-refractivity contribution in [1.29, 1.82) is 0 Å². The van der Waals surface area contributed by atoms with Crippen molar-refractivity contribution in [2.75, 3.05) is 0 Å². The predicted molar refractivity (Wildman–Crippen MR) is 81.4 cm³/mol. The summed E-state index contributed by atoms with van der Waals surface area (Å²) in [7, 11) is 0. The number of halogens is 1. The van der Waals surface area contributed by atoms with Gasteiger partial charge in [0, 0.05) is 6.04 Å². The fraction of sp³-hybridized carbons (Fsp3) is 0.533. The Morgan fingerprint density at radius 1 is 1.26 bits per heavy atom. The molecule has 3 nitrogen and oxygen atoms in total. The van der Waals surface area contributed by atoms with Crippen LogP contribution < -0.4 is 10.1 Å². The van der Waals surface area contributed by atoms with E-state index < -0.39 is 6.10 Å². The average molecular weight is 328 g/mol. The second-order valence-electron chi connectivity index (χ2n) is 5.24. The molecule has 0 bridgehead atoms. The zero-order valence-corrected chi connectivity index (χ0v) is 13.7. The molecule has 0 radical (unpaired) electrons. The molecule has 1 N–H and O–H groups in total. The third-order valence-corrected chi connectivity index (χ3v) is 3.75. The minimum absolute atomic E-state index is 0.0892. The summed E-state index contributed by atoms with van der Waals surface area (Å²) in [6.07, 6.45) is -0.514. The van der Waals surface area contributed by atoms with Gasteiger partial charge < -0.3 is 10.1 Å². The molecule has 1 aromatic rings. The minimum Gasteiger partial charge on any atom is -0.480 e. The standard InChI is InChI=1S/C15H22BrNO2/c1-9(2)11(4)17-15(18)12(5)19-14-7-6-10(3)8-13(14)16/h6-9,11-12H,1-5H3,(H,17,18). The molecule has 4 heteroatoms. The first-order valence-electron chi connectivity index (χ1n) is 6.54. The quantitative estimate of drug-likeness (QED) is 0.895. The molecule has 19 heavy (non-hydrogen) atoms. The number of nitrogens with one attached hydrogen (secondary N) is 1. The molecule has 0 aromatic heterocycles. The van der Waals surface area contributed by atoms with Gasteiger partial charge in [-0.25, -0.2) is 0 Å². The Bertz CT molecular complexity index is 446. The molecule has 0 saturated carbocycles. The maximum absolute atomic E-state index is 12.0. The van der Waals surface area contributed by atoms with Crippen LogP contribution in [-0.2, 0) is 4.79 Å². The Hall–Kier alpha value is -1.03. The fourth-order valence-corrected chi connectivity index (χ4v) is 2.04. The molecule has 0 aliphatic carbocycles. The number of amides is 1. The first kappa shape index (κ1) is 16.0. The molecule has 0 spiro atoms. The van der Waals surface area contributed by atoms with E-state index in [9.17, 15) is 4.79 Å². The van der Waals surface area contributed by atoms with Crippen LogP contribution in [0.15, 0.2) is 22.7 Å². The Kier molecular flexibility index (Phi) is 5.85. The van der Waals surface area contributed by atoms with Crippen LogP contribution in [0.4, 0.5) is 0 Å². The third-order valence-electron chi connectivity index (χ3n) is 3.13. The van der Waals surface area contributed by atoms with Crippen LogP contribution in [0.25, 0.3) is 0 Å². The topological polar surface area (TPSA) is 38.3 Å². The summed E-state index contributed by atoms with van der Waals surface area (Å²) in [4.78, 5) is 12.0. The van der Waals surface area contributed by atoms with E-state index in [4.69, 9.17) is 4.74 Å². The van der Waals surface area contributed by atoms with Gasteiger partial charge in [-0.3, -0.25) is 4.79 Å². The number of hydrogen-bond acceptors (Lipinski definition) is 2. The molecule has 2 unspecified atom stereocenters. The van der Waals surface area contributed by atoms with E-state index in [1.54, 1.807) is 6.92 Å². The highest BCUT2D eigenvalue weighted by Gasteiger charge is 2.19. The number of rotatable bonds is 5. The summed E-state index contributed by atoms with van der Waals surface area (Å²) in [5.41, 5.74) is 1.14. The lowest BCUT2D eigenvalue weighted by Crippen LogP contribution is -2.43. The highest BCUT2D eigenvalue weighted by Crippen LogP contribution is 2.26. The van der Waals surface area contributed by atoms with E-state index in [1.807, 2.05) is 32.0 Å². The van der Waals surface area contributed by atoms with Gasteiger partial charge in [0.1, 0.15) is 5.75 Å². The van der Waals surface area contributed by atoms with Crippen LogP contribution in [0.2, 0.25) is 0 Å². The van der Waals surface area contributed by atoms with Crippen LogP contribution in [0.1, 0.15) is 33.3 Å². The second kappa shape index (κ2) is 6.94. The average Bonchev–Trinajstić information content (AvgIpc) is 2.32. The second-order valence-corrected chi connectivity index (χ2v) is 6.09. The van der Waals surface area contributed by atoms with Gasteiger partial charge in [-0.1, -0.05) is 19.9 Å². The van der Waals surface area contributed by atoms with E-state index in [-0.39, 0.29) is 11.9 Å². The summed E-state index contributed by atoms with van der Waals surface area (Å²) in [6, 6.07) is 5.94. The molecule has 2 atom stereocenters. The van der Waals surface area contributed by atoms with Crippen molar-refractivity contribution in [3.05, 3.63) is 28.2 Å². The van der Waals surface area contributed by atoms with Crippen LogP contribution >= 0.6 is 15.9 Å². The molecular weight excluding hydrogens is 306 g/mol. The van der Waals surface area contributed by atoms with Crippen LogP contribution in [0, 0.1) is 12.8 Å². The summed E-state index contributed by atoms with van der Waals surface area (Å²) >= 11 is 3.44. The lowest BCUT2D eigenvalue weighted by Gasteiger charge is -2.21. The lowest BCUT2D eigenvalue weighted by atomic mass is 10.1. The van der Waals surface area contributed by atoms with Gasteiger partial charge in [-0.2, -0.15) is 0 Å². The lowest BCUT2D eigenvalue weighted by molar-refractivity contribution is -0.128. The minimum atomic E-state index is -0.514. The smallest absolute Gasteiger partial charge is 0.260 e. The molecule has 0 fully saturated rings. The molecule has 0 saturated heterocycles. The van der Waals surface area contributed by atoms with Gasteiger partial charge in [0.05, 0.1) is 4.47 Å². The largest absolute Gasteiger partial charge is 0.480 e. The molecule has 1 amide bonds. The Labute approximate surface area is 123 Å². The molecule has 106 valence electrons. The maximum Gasteiger partial charge on any atom is 0.260 e. The number of carbonyl (C=O) groups excluding carboxylic acids is 1. The van der Waals surface area contributed by atoms with Gasteiger partial charge >= 0.3 is 0 Å². The maximum atomic E-state index is 12.0. The van der Waals surface area contributed by atoms with Crippen molar-refractivity contribution < 1.29 is 9.53 Å². The van der Waals surface area contributed by atoms with Gasteiger partial charge in [0.25, 0.3) is 5.91 Å². The SMILES string of the molecule is Cc1ccc(OC(C)C(=O)NC(C)C(C)C)c(Br)c1. The van der Waals surface area contributed by atoms with Crippen LogP contribution in [0.3, 0.4) is 0 Å². The number of benzene rings is 1. The molecule has 0 heterocycles. The Morgan fingerprint density at radius 3 is 2.42 bits per heavy atom. The van der Waals surface area contributed by atoms with Gasteiger partial charge in [0.2, 0.25) is 0 Å². The van der Waals surface area contributed by atoms with Crippen LogP contribution in [0.5, 0.6) is 5.75 Å². The zero-order chi connectivity index (χ0) is 14.6. The van der Waals surface area contributed by atoms with Crippen LogP contribution in [-0.4, -0.2) is 18.1 Å². The summed E-state index contributed by atoms with van der Waals surface area (Å²) in [5.74, 6) is 1.00. The van der Waals surface area contributed by atoms with E-state index in [2.05, 4.69) is 35.1 Å². The summed E-state index contributed by atoms with van der Waals surface area (Å²) in [5, 5.41) is 2.95. The Balaban J connectivity index is 2.63. The van der Waals surface area contributed by atoms with Gasteiger partial charge in [0.15, 0.2) is 6.10 Å².